The standard InChI is InChI=1S/C23H29N3O3/c1-17(18-8-4-3-5-9-18)14-25(2)22(28)16-26-15-19(12-13-21(26)27)23(29)24-20-10-6-7-11-20/h3-5,8-9,12-13,15,17,20H,6-7,10-11,14,16H2,1-2H3,(H,24,29)/t17-/m0/s1. The minimum Gasteiger partial charge on any atom is -0.349 e. The summed E-state index contributed by atoms with van der Waals surface area (Å²) in [4.78, 5) is 39.0. The fraction of sp³-hybridized carbons (Fsp3) is 0.435. The minimum absolute atomic E-state index is 0.0820. The Balaban J connectivity index is 1.63. The summed E-state index contributed by atoms with van der Waals surface area (Å²) in [5, 5.41) is 3.01. The number of amides is 2. The van der Waals surface area contributed by atoms with Crippen molar-refractivity contribution in [3.63, 3.8) is 0 Å². The fourth-order valence-electron chi connectivity index (χ4n) is 3.79. The number of pyridine rings is 1. The maximum absolute atomic E-state index is 12.7. The Kier molecular flexibility index (Phi) is 6.86. The Bertz CT molecular complexity index is 901. The molecule has 0 aliphatic heterocycles. The van der Waals surface area contributed by atoms with E-state index in [0.717, 1.165) is 31.2 Å². The second-order valence-corrected chi connectivity index (χ2v) is 7.92. The van der Waals surface area contributed by atoms with Gasteiger partial charge >= 0.3 is 0 Å². The van der Waals surface area contributed by atoms with E-state index in [1.807, 2.05) is 30.3 Å². The number of hydrogen-bond donors (Lipinski definition) is 1. The second-order valence-electron chi connectivity index (χ2n) is 7.92. The molecule has 2 aromatic rings. The van der Waals surface area contributed by atoms with E-state index in [4.69, 9.17) is 0 Å². The van der Waals surface area contributed by atoms with E-state index in [-0.39, 0.29) is 35.9 Å². The van der Waals surface area contributed by atoms with Gasteiger partial charge in [0, 0.05) is 31.9 Å². The molecule has 1 aliphatic rings. The molecule has 1 aliphatic carbocycles. The number of benzene rings is 1. The Morgan fingerprint density at radius 1 is 1.14 bits per heavy atom. The summed E-state index contributed by atoms with van der Waals surface area (Å²) in [6.45, 7) is 2.54. The molecule has 0 unspecified atom stereocenters. The molecule has 1 aromatic carbocycles. The van der Waals surface area contributed by atoms with Crippen molar-refractivity contribution in [2.75, 3.05) is 13.6 Å². The lowest BCUT2D eigenvalue weighted by Gasteiger charge is -2.22. The molecule has 3 rings (SSSR count). The molecule has 1 N–H and O–H groups in total. The first-order valence-electron chi connectivity index (χ1n) is 10.2. The van der Waals surface area contributed by atoms with Crippen LogP contribution in [0.4, 0.5) is 0 Å². The van der Waals surface area contributed by atoms with Gasteiger partial charge < -0.3 is 14.8 Å². The van der Waals surface area contributed by atoms with Crippen LogP contribution in [0.1, 0.15) is 54.4 Å². The first-order chi connectivity index (χ1) is 13.9. The summed E-state index contributed by atoms with van der Waals surface area (Å²) < 4.78 is 1.32. The van der Waals surface area contributed by atoms with E-state index >= 15 is 0 Å². The number of carbonyl (C=O) groups is 2. The van der Waals surface area contributed by atoms with Gasteiger partial charge in [0.25, 0.3) is 11.5 Å². The first-order valence-corrected chi connectivity index (χ1v) is 10.2. The monoisotopic (exact) mass is 395 g/mol. The Labute approximate surface area is 171 Å². The predicted molar refractivity (Wildman–Crippen MR) is 113 cm³/mol. The van der Waals surface area contributed by atoms with Crippen LogP contribution >= 0.6 is 0 Å². The van der Waals surface area contributed by atoms with Gasteiger partial charge in [-0.25, -0.2) is 0 Å². The van der Waals surface area contributed by atoms with Crippen LogP contribution in [0.2, 0.25) is 0 Å². The fourth-order valence-corrected chi connectivity index (χ4v) is 3.79. The summed E-state index contributed by atoms with van der Waals surface area (Å²) in [7, 11) is 1.74. The molecular weight excluding hydrogens is 366 g/mol. The van der Waals surface area contributed by atoms with Crippen molar-refractivity contribution in [1.82, 2.24) is 14.8 Å². The molecule has 0 spiro atoms. The quantitative estimate of drug-likeness (QED) is 0.784. The van der Waals surface area contributed by atoms with Gasteiger partial charge in [0.1, 0.15) is 6.54 Å². The smallest absolute Gasteiger partial charge is 0.252 e. The first kappa shape index (κ1) is 20.8. The lowest BCUT2D eigenvalue weighted by Crippen LogP contribution is -2.37. The Morgan fingerprint density at radius 3 is 2.52 bits per heavy atom. The van der Waals surface area contributed by atoms with E-state index in [2.05, 4.69) is 12.2 Å². The molecule has 0 radical (unpaired) electrons. The molecule has 2 amide bonds. The van der Waals surface area contributed by atoms with Gasteiger partial charge in [-0.3, -0.25) is 14.4 Å². The van der Waals surface area contributed by atoms with Crippen LogP contribution in [0.5, 0.6) is 0 Å². The van der Waals surface area contributed by atoms with Gasteiger partial charge in [0.15, 0.2) is 0 Å². The SMILES string of the molecule is C[C@@H](CN(C)C(=O)Cn1cc(C(=O)NC2CCCC2)ccc1=O)c1ccccc1. The van der Waals surface area contributed by atoms with E-state index < -0.39 is 0 Å². The zero-order chi connectivity index (χ0) is 20.8. The van der Waals surface area contributed by atoms with Gasteiger partial charge in [-0.05, 0) is 30.4 Å². The maximum atomic E-state index is 12.7. The van der Waals surface area contributed by atoms with Crippen molar-refractivity contribution in [2.24, 2.45) is 0 Å². The molecule has 29 heavy (non-hydrogen) atoms. The highest BCUT2D eigenvalue weighted by Gasteiger charge is 2.19. The molecule has 1 aromatic heterocycles. The molecule has 1 fully saturated rings. The van der Waals surface area contributed by atoms with Gasteiger partial charge in [-0.2, -0.15) is 0 Å². The van der Waals surface area contributed by atoms with E-state index in [1.165, 1.54) is 22.9 Å². The molecule has 0 bridgehead atoms. The number of aromatic nitrogens is 1. The third-order valence-electron chi connectivity index (χ3n) is 5.58. The van der Waals surface area contributed by atoms with Crippen molar-refractivity contribution in [3.8, 4) is 0 Å². The highest BCUT2D eigenvalue weighted by molar-refractivity contribution is 5.94. The van der Waals surface area contributed by atoms with Crippen LogP contribution in [0, 0.1) is 0 Å². The van der Waals surface area contributed by atoms with Crippen molar-refractivity contribution in [3.05, 3.63) is 70.1 Å². The van der Waals surface area contributed by atoms with Crippen LogP contribution in [0.15, 0.2) is 53.5 Å². The largest absolute Gasteiger partial charge is 0.349 e. The number of rotatable bonds is 7. The van der Waals surface area contributed by atoms with Crippen LogP contribution in [-0.4, -0.2) is 40.9 Å². The number of carbonyl (C=O) groups excluding carboxylic acids is 2. The predicted octanol–water partition coefficient (Wildman–Crippen LogP) is 2.78. The normalized spacial score (nSPS) is 15.1. The lowest BCUT2D eigenvalue weighted by molar-refractivity contribution is -0.130. The molecule has 154 valence electrons. The number of nitrogens with one attached hydrogen (secondary N) is 1. The lowest BCUT2D eigenvalue weighted by atomic mass is 10.0. The summed E-state index contributed by atoms with van der Waals surface area (Å²) in [6, 6.07) is 13.1. The molecule has 1 atom stereocenters. The third kappa shape index (κ3) is 5.56. The average Bonchev–Trinajstić information content (AvgIpc) is 3.23. The molecule has 1 saturated carbocycles. The van der Waals surface area contributed by atoms with Gasteiger partial charge in [0.05, 0.1) is 5.56 Å². The maximum Gasteiger partial charge on any atom is 0.252 e. The van der Waals surface area contributed by atoms with Crippen molar-refractivity contribution in [1.29, 1.82) is 0 Å². The van der Waals surface area contributed by atoms with Gasteiger partial charge in [-0.1, -0.05) is 50.1 Å². The summed E-state index contributed by atoms with van der Waals surface area (Å²) in [6.07, 6.45) is 5.74. The van der Waals surface area contributed by atoms with Crippen LogP contribution in [0.25, 0.3) is 0 Å². The summed E-state index contributed by atoms with van der Waals surface area (Å²) in [5.41, 5.74) is 1.28. The highest BCUT2D eigenvalue weighted by atomic mass is 16.2. The summed E-state index contributed by atoms with van der Waals surface area (Å²) in [5.74, 6) is -0.169. The molecule has 0 saturated heterocycles. The molecular formula is C23H29N3O3. The van der Waals surface area contributed by atoms with Crippen molar-refractivity contribution in [2.45, 2.75) is 51.1 Å². The zero-order valence-electron chi connectivity index (χ0n) is 17.1. The number of nitrogens with zero attached hydrogens (tertiary/aromatic N) is 2. The Morgan fingerprint density at radius 2 is 1.83 bits per heavy atom. The van der Waals surface area contributed by atoms with Crippen LogP contribution < -0.4 is 10.9 Å². The Hall–Kier alpha value is -2.89. The van der Waals surface area contributed by atoms with E-state index in [9.17, 15) is 14.4 Å². The van der Waals surface area contributed by atoms with Gasteiger partial charge in [0.2, 0.25) is 5.91 Å². The molecule has 6 nitrogen and oxygen atoms in total. The number of likely N-dealkylation sites (N-methyl/N-ethyl adjacent to an activating group) is 1. The highest BCUT2D eigenvalue weighted by Crippen LogP contribution is 2.18. The van der Waals surface area contributed by atoms with Crippen molar-refractivity contribution >= 4 is 11.8 Å². The zero-order valence-corrected chi connectivity index (χ0v) is 17.1. The van der Waals surface area contributed by atoms with E-state index in [0.29, 0.717) is 12.1 Å². The molecule has 1 heterocycles. The van der Waals surface area contributed by atoms with Crippen molar-refractivity contribution < 1.29 is 9.59 Å². The molecule has 6 heteroatoms. The van der Waals surface area contributed by atoms with Crippen LogP contribution in [-0.2, 0) is 11.3 Å². The number of hydrogen-bond acceptors (Lipinski definition) is 3. The van der Waals surface area contributed by atoms with E-state index in [1.54, 1.807) is 11.9 Å². The summed E-state index contributed by atoms with van der Waals surface area (Å²) >= 11 is 0. The minimum atomic E-state index is -0.291. The van der Waals surface area contributed by atoms with Crippen LogP contribution in [0.3, 0.4) is 0 Å². The van der Waals surface area contributed by atoms with Gasteiger partial charge in [-0.15, -0.1) is 0 Å². The second kappa shape index (κ2) is 9.54. The third-order valence-corrected chi connectivity index (χ3v) is 5.58. The average molecular weight is 396 g/mol. The topological polar surface area (TPSA) is 71.4 Å².